The van der Waals surface area contributed by atoms with Gasteiger partial charge in [0.2, 0.25) is 5.91 Å². The summed E-state index contributed by atoms with van der Waals surface area (Å²) in [6, 6.07) is 12.0. The molecule has 0 aromatic heterocycles. The summed E-state index contributed by atoms with van der Waals surface area (Å²) >= 11 is 5.95. The van der Waals surface area contributed by atoms with Gasteiger partial charge in [-0.05, 0) is 11.6 Å². The van der Waals surface area contributed by atoms with Crippen LogP contribution in [0, 0.1) is 10.1 Å². The topological polar surface area (TPSA) is 105 Å². The fourth-order valence-corrected chi connectivity index (χ4v) is 2.30. The Labute approximate surface area is 149 Å². The van der Waals surface area contributed by atoms with E-state index >= 15 is 0 Å². The zero-order valence-electron chi connectivity index (χ0n) is 13.3. The zero-order valence-corrected chi connectivity index (χ0v) is 14.1. The molecule has 0 radical (unpaired) electrons. The quantitative estimate of drug-likeness (QED) is 0.417. The summed E-state index contributed by atoms with van der Waals surface area (Å²) in [5.41, 5.74) is 5.78. The van der Waals surface area contributed by atoms with Gasteiger partial charge >= 0.3 is 0 Å². The van der Waals surface area contributed by atoms with Crippen LogP contribution in [-0.2, 0) is 11.3 Å². The SMILES string of the molecule is NC(=O)c1cc(OCCCOCc2ccccc2)c(Cl)c([N+](=O)[O-])c1. The number of amides is 1. The number of carbonyl (C=O) groups is 1. The number of ether oxygens (including phenoxy) is 2. The Kier molecular flexibility index (Phi) is 6.73. The van der Waals surface area contributed by atoms with Gasteiger partial charge < -0.3 is 15.2 Å². The maximum absolute atomic E-state index is 11.3. The molecular formula is C17H17ClN2O5. The molecular weight excluding hydrogens is 348 g/mol. The molecule has 0 spiro atoms. The van der Waals surface area contributed by atoms with Crippen molar-refractivity contribution in [3.8, 4) is 5.75 Å². The Morgan fingerprint density at radius 2 is 1.92 bits per heavy atom. The van der Waals surface area contributed by atoms with E-state index in [2.05, 4.69) is 0 Å². The minimum Gasteiger partial charge on any atom is -0.492 e. The van der Waals surface area contributed by atoms with E-state index in [9.17, 15) is 14.9 Å². The number of primary amides is 1. The van der Waals surface area contributed by atoms with Crippen LogP contribution in [0.15, 0.2) is 42.5 Å². The molecule has 0 heterocycles. The smallest absolute Gasteiger partial charge is 0.292 e. The third-order valence-electron chi connectivity index (χ3n) is 3.30. The third kappa shape index (κ3) is 5.44. The normalized spacial score (nSPS) is 10.4. The van der Waals surface area contributed by atoms with E-state index in [-0.39, 0.29) is 22.9 Å². The molecule has 0 fully saturated rings. The standard InChI is InChI=1S/C17H17ClN2O5/c18-16-14(20(22)23)9-13(17(19)21)10-15(16)25-8-4-7-24-11-12-5-2-1-3-6-12/h1-3,5-6,9-10H,4,7-8,11H2,(H2,19,21). The molecule has 0 atom stereocenters. The fourth-order valence-electron chi connectivity index (χ4n) is 2.07. The number of hydrogen-bond acceptors (Lipinski definition) is 5. The molecule has 2 N–H and O–H groups in total. The molecule has 7 nitrogen and oxygen atoms in total. The van der Waals surface area contributed by atoms with Crippen molar-refractivity contribution < 1.29 is 19.2 Å². The van der Waals surface area contributed by atoms with E-state index in [1.807, 2.05) is 30.3 Å². The number of rotatable bonds is 9. The number of hydrogen-bond donors (Lipinski definition) is 1. The number of nitrogens with zero attached hydrogens (tertiary/aromatic N) is 1. The molecule has 25 heavy (non-hydrogen) atoms. The van der Waals surface area contributed by atoms with Crippen molar-refractivity contribution in [2.45, 2.75) is 13.0 Å². The average molecular weight is 365 g/mol. The molecule has 0 aliphatic rings. The summed E-state index contributed by atoms with van der Waals surface area (Å²) in [5, 5.41) is 10.8. The van der Waals surface area contributed by atoms with Crippen molar-refractivity contribution in [1.29, 1.82) is 0 Å². The summed E-state index contributed by atoms with van der Waals surface area (Å²) in [5.74, 6) is -0.747. The van der Waals surface area contributed by atoms with E-state index in [1.54, 1.807) is 0 Å². The third-order valence-corrected chi connectivity index (χ3v) is 3.68. The lowest BCUT2D eigenvalue weighted by atomic mass is 10.2. The molecule has 132 valence electrons. The lowest BCUT2D eigenvalue weighted by Crippen LogP contribution is -2.12. The maximum atomic E-state index is 11.3. The highest BCUT2D eigenvalue weighted by atomic mass is 35.5. The minimum atomic E-state index is -0.796. The summed E-state index contributed by atoms with van der Waals surface area (Å²) in [6.07, 6.45) is 0.553. The van der Waals surface area contributed by atoms with Crippen molar-refractivity contribution in [1.82, 2.24) is 0 Å². The Hall–Kier alpha value is -2.64. The first kappa shape index (κ1) is 18.7. The van der Waals surface area contributed by atoms with E-state index < -0.39 is 16.5 Å². The second-order valence-electron chi connectivity index (χ2n) is 5.17. The van der Waals surface area contributed by atoms with Crippen LogP contribution >= 0.6 is 11.6 Å². The zero-order chi connectivity index (χ0) is 18.2. The predicted octanol–water partition coefficient (Wildman–Crippen LogP) is 3.33. The minimum absolute atomic E-state index is 0.0357. The molecule has 0 aliphatic heterocycles. The summed E-state index contributed by atoms with van der Waals surface area (Å²) in [6.45, 7) is 1.17. The van der Waals surface area contributed by atoms with Crippen molar-refractivity contribution in [3.63, 3.8) is 0 Å². The van der Waals surface area contributed by atoms with Crippen LogP contribution in [0.2, 0.25) is 5.02 Å². The van der Waals surface area contributed by atoms with Gasteiger partial charge in [-0.1, -0.05) is 41.9 Å². The van der Waals surface area contributed by atoms with E-state index in [1.165, 1.54) is 6.07 Å². The highest BCUT2D eigenvalue weighted by molar-refractivity contribution is 6.34. The van der Waals surface area contributed by atoms with Crippen LogP contribution in [-0.4, -0.2) is 24.0 Å². The molecule has 8 heteroatoms. The predicted molar refractivity (Wildman–Crippen MR) is 92.8 cm³/mol. The lowest BCUT2D eigenvalue weighted by Gasteiger charge is -2.10. The second kappa shape index (κ2) is 9.00. The van der Waals surface area contributed by atoms with Crippen LogP contribution in [0.5, 0.6) is 5.75 Å². The molecule has 0 unspecified atom stereocenters. The van der Waals surface area contributed by atoms with E-state index in [4.69, 9.17) is 26.8 Å². The van der Waals surface area contributed by atoms with Gasteiger partial charge in [-0.3, -0.25) is 14.9 Å². The molecule has 0 saturated carbocycles. The van der Waals surface area contributed by atoms with E-state index in [0.717, 1.165) is 11.6 Å². The Morgan fingerprint density at radius 3 is 2.56 bits per heavy atom. The first-order valence-electron chi connectivity index (χ1n) is 7.51. The van der Waals surface area contributed by atoms with Gasteiger partial charge in [-0.25, -0.2) is 0 Å². The molecule has 2 aromatic rings. The van der Waals surface area contributed by atoms with Gasteiger partial charge in [0.05, 0.1) is 24.7 Å². The van der Waals surface area contributed by atoms with Gasteiger partial charge in [-0.2, -0.15) is 0 Å². The Bertz CT molecular complexity index is 752. The van der Waals surface area contributed by atoms with Crippen LogP contribution in [0.1, 0.15) is 22.3 Å². The van der Waals surface area contributed by atoms with Gasteiger partial charge in [0, 0.05) is 18.1 Å². The molecule has 0 aliphatic carbocycles. The second-order valence-corrected chi connectivity index (χ2v) is 5.55. The number of nitro groups is 1. The van der Waals surface area contributed by atoms with Crippen LogP contribution < -0.4 is 10.5 Å². The number of halogens is 1. The number of carbonyl (C=O) groups excluding carboxylic acids is 1. The largest absolute Gasteiger partial charge is 0.492 e. The molecule has 2 aromatic carbocycles. The Balaban J connectivity index is 1.87. The molecule has 2 rings (SSSR count). The maximum Gasteiger partial charge on any atom is 0.292 e. The van der Waals surface area contributed by atoms with Gasteiger partial charge in [-0.15, -0.1) is 0 Å². The van der Waals surface area contributed by atoms with Crippen LogP contribution in [0.25, 0.3) is 0 Å². The van der Waals surface area contributed by atoms with Crippen molar-refractivity contribution in [2.75, 3.05) is 13.2 Å². The number of nitrogens with two attached hydrogens (primary N) is 1. The van der Waals surface area contributed by atoms with Gasteiger partial charge in [0.15, 0.2) is 5.02 Å². The highest BCUT2D eigenvalue weighted by Crippen LogP contribution is 2.35. The van der Waals surface area contributed by atoms with Gasteiger partial charge in [0.1, 0.15) is 5.75 Å². The summed E-state index contributed by atoms with van der Waals surface area (Å²) in [7, 11) is 0. The van der Waals surface area contributed by atoms with Crippen LogP contribution in [0.4, 0.5) is 5.69 Å². The van der Waals surface area contributed by atoms with E-state index in [0.29, 0.717) is 19.6 Å². The summed E-state index contributed by atoms with van der Waals surface area (Å²) < 4.78 is 11.0. The number of benzene rings is 2. The fraction of sp³-hybridized carbons (Fsp3) is 0.235. The van der Waals surface area contributed by atoms with Gasteiger partial charge in [0.25, 0.3) is 5.69 Å². The number of nitro benzene ring substituents is 1. The van der Waals surface area contributed by atoms with Crippen molar-refractivity contribution >= 4 is 23.2 Å². The first-order valence-corrected chi connectivity index (χ1v) is 7.89. The van der Waals surface area contributed by atoms with Crippen molar-refractivity contribution in [3.05, 3.63) is 68.7 Å². The molecule has 0 saturated heterocycles. The summed E-state index contributed by atoms with van der Waals surface area (Å²) in [4.78, 5) is 21.6. The Morgan fingerprint density at radius 1 is 1.20 bits per heavy atom. The lowest BCUT2D eigenvalue weighted by molar-refractivity contribution is -0.384. The first-order chi connectivity index (χ1) is 12.0. The molecule has 0 bridgehead atoms. The monoisotopic (exact) mass is 364 g/mol. The van der Waals surface area contributed by atoms with Crippen molar-refractivity contribution in [2.24, 2.45) is 5.73 Å². The highest BCUT2D eigenvalue weighted by Gasteiger charge is 2.21. The average Bonchev–Trinajstić information content (AvgIpc) is 2.59. The molecule has 1 amide bonds. The van der Waals surface area contributed by atoms with Crippen LogP contribution in [0.3, 0.4) is 0 Å².